The Bertz CT molecular complexity index is 485. The Labute approximate surface area is 134 Å². The van der Waals surface area contributed by atoms with E-state index in [0.29, 0.717) is 6.54 Å². The maximum Gasteiger partial charge on any atom is 0.270 e. The van der Waals surface area contributed by atoms with Crippen LogP contribution in [0.1, 0.15) is 44.6 Å². The van der Waals surface area contributed by atoms with E-state index in [9.17, 15) is 10.1 Å². The highest BCUT2D eigenvalue weighted by atomic mass is 79.9. The van der Waals surface area contributed by atoms with Gasteiger partial charge < -0.3 is 5.32 Å². The molecule has 0 spiro atoms. The van der Waals surface area contributed by atoms with Crippen LogP contribution in [0.25, 0.3) is 0 Å². The van der Waals surface area contributed by atoms with Gasteiger partial charge >= 0.3 is 0 Å². The maximum atomic E-state index is 10.9. The van der Waals surface area contributed by atoms with Gasteiger partial charge in [0, 0.05) is 23.2 Å². The van der Waals surface area contributed by atoms with Gasteiger partial charge in [-0.1, -0.05) is 42.1 Å². The Morgan fingerprint density at radius 3 is 2.52 bits per heavy atom. The molecule has 5 heteroatoms. The maximum absolute atomic E-state index is 10.9. The van der Waals surface area contributed by atoms with Crippen LogP contribution in [0.5, 0.6) is 0 Å². The number of hydrogen-bond donors (Lipinski definition) is 1. The first-order valence-corrected chi connectivity index (χ1v) is 8.52. The molecule has 1 aromatic rings. The molecule has 0 amide bonds. The lowest BCUT2D eigenvalue weighted by molar-refractivity contribution is -0.385. The number of nitrogens with one attached hydrogen (secondary N) is 1. The molecule has 21 heavy (non-hydrogen) atoms. The smallest absolute Gasteiger partial charge is 0.270 e. The summed E-state index contributed by atoms with van der Waals surface area (Å²) in [5, 5.41) is 14.3. The van der Waals surface area contributed by atoms with Gasteiger partial charge in [-0.15, -0.1) is 0 Å². The van der Waals surface area contributed by atoms with E-state index in [1.54, 1.807) is 6.07 Å². The minimum absolute atomic E-state index is 0.143. The third-order valence-electron chi connectivity index (χ3n) is 4.46. The van der Waals surface area contributed by atoms with E-state index in [1.165, 1.54) is 38.2 Å². The van der Waals surface area contributed by atoms with Crippen molar-refractivity contribution >= 4 is 21.6 Å². The third kappa shape index (κ3) is 5.08. The van der Waals surface area contributed by atoms with Crippen LogP contribution in [0.3, 0.4) is 0 Å². The number of nitro groups is 1. The molecule has 1 aliphatic carbocycles. The Morgan fingerprint density at radius 2 is 1.90 bits per heavy atom. The van der Waals surface area contributed by atoms with Crippen molar-refractivity contribution in [1.82, 2.24) is 5.32 Å². The average Bonchev–Trinajstić information content (AvgIpc) is 2.47. The molecule has 1 fully saturated rings. The molecule has 1 aromatic carbocycles. The molecule has 1 saturated carbocycles. The predicted octanol–water partition coefficient (Wildman–Crippen LogP) is 4.66. The summed E-state index contributed by atoms with van der Waals surface area (Å²) in [6, 6.07) is 5.12. The van der Waals surface area contributed by atoms with Crippen molar-refractivity contribution in [3.63, 3.8) is 0 Å². The zero-order chi connectivity index (χ0) is 15.2. The molecule has 4 nitrogen and oxygen atoms in total. The number of benzene rings is 1. The van der Waals surface area contributed by atoms with Gasteiger partial charge in [0.2, 0.25) is 0 Å². The van der Waals surface area contributed by atoms with Crippen molar-refractivity contribution in [2.45, 2.75) is 45.6 Å². The monoisotopic (exact) mass is 354 g/mol. The van der Waals surface area contributed by atoms with Crippen LogP contribution < -0.4 is 5.32 Å². The van der Waals surface area contributed by atoms with E-state index in [-0.39, 0.29) is 10.6 Å². The normalized spacial score (nSPS) is 22.2. The third-order valence-corrected chi connectivity index (χ3v) is 4.92. The van der Waals surface area contributed by atoms with Crippen LogP contribution in [-0.4, -0.2) is 11.5 Å². The summed E-state index contributed by atoms with van der Waals surface area (Å²) >= 11 is 3.33. The van der Waals surface area contributed by atoms with E-state index in [2.05, 4.69) is 28.2 Å². The molecule has 0 saturated heterocycles. The lowest BCUT2D eigenvalue weighted by Crippen LogP contribution is -2.26. The van der Waals surface area contributed by atoms with Crippen LogP contribution >= 0.6 is 15.9 Å². The molecule has 0 aromatic heterocycles. The fraction of sp³-hybridized carbons (Fsp3) is 0.625. The Hall–Kier alpha value is -0.940. The molecule has 0 aliphatic heterocycles. The lowest BCUT2D eigenvalue weighted by atomic mass is 9.81. The zero-order valence-corrected chi connectivity index (χ0v) is 14.1. The van der Waals surface area contributed by atoms with Crippen LogP contribution in [0.15, 0.2) is 22.7 Å². The number of hydrogen-bond acceptors (Lipinski definition) is 3. The van der Waals surface area contributed by atoms with E-state index in [1.807, 2.05) is 6.07 Å². The Morgan fingerprint density at radius 1 is 1.24 bits per heavy atom. The summed E-state index contributed by atoms with van der Waals surface area (Å²) in [6.45, 7) is 3.98. The first-order valence-electron chi connectivity index (χ1n) is 7.73. The van der Waals surface area contributed by atoms with Crippen LogP contribution in [-0.2, 0) is 6.54 Å². The molecule has 1 aliphatic rings. The number of nitrogens with zero attached hydrogens (tertiary/aromatic N) is 1. The second-order valence-corrected chi connectivity index (χ2v) is 6.92. The SMILES string of the molecule is CCC1CCC(CNCc2cc(Br)cc([N+](=O)[O-])c2)CC1. The van der Waals surface area contributed by atoms with Gasteiger partial charge in [-0.2, -0.15) is 0 Å². The molecule has 116 valence electrons. The van der Waals surface area contributed by atoms with Gasteiger partial charge in [-0.3, -0.25) is 10.1 Å². The van der Waals surface area contributed by atoms with Crippen molar-refractivity contribution in [2.75, 3.05) is 6.54 Å². The van der Waals surface area contributed by atoms with Gasteiger partial charge in [-0.05, 0) is 42.9 Å². The summed E-state index contributed by atoms with van der Waals surface area (Å²) in [5.74, 6) is 1.68. The van der Waals surface area contributed by atoms with Gasteiger partial charge in [-0.25, -0.2) is 0 Å². The predicted molar refractivity (Wildman–Crippen MR) is 88.2 cm³/mol. The Balaban J connectivity index is 1.80. The number of nitro benzene ring substituents is 1. The first-order chi connectivity index (χ1) is 10.1. The molecule has 1 N–H and O–H groups in total. The zero-order valence-electron chi connectivity index (χ0n) is 12.5. The molecule has 0 atom stereocenters. The second-order valence-electron chi connectivity index (χ2n) is 6.00. The van der Waals surface area contributed by atoms with Gasteiger partial charge in [0.25, 0.3) is 5.69 Å². The summed E-state index contributed by atoms with van der Waals surface area (Å²) < 4.78 is 0.761. The van der Waals surface area contributed by atoms with E-state index >= 15 is 0 Å². The van der Waals surface area contributed by atoms with E-state index in [0.717, 1.165) is 28.4 Å². The van der Waals surface area contributed by atoms with Crippen LogP contribution in [0.2, 0.25) is 0 Å². The number of halogens is 1. The molecule has 0 heterocycles. The van der Waals surface area contributed by atoms with Crippen molar-refractivity contribution in [2.24, 2.45) is 11.8 Å². The molecule has 2 rings (SSSR count). The molecule has 0 unspecified atom stereocenters. The van der Waals surface area contributed by atoms with Gasteiger partial charge in [0.15, 0.2) is 0 Å². The van der Waals surface area contributed by atoms with E-state index < -0.39 is 0 Å². The first kappa shape index (κ1) is 16.4. The standard InChI is InChI=1S/C16H23BrN2O2/c1-2-12-3-5-13(6-4-12)10-18-11-14-7-15(17)9-16(8-14)19(20)21/h7-9,12-13,18H,2-6,10-11H2,1H3. The highest BCUT2D eigenvalue weighted by Crippen LogP contribution is 2.30. The topological polar surface area (TPSA) is 55.2 Å². The summed E-state index contributed by atoms with van der Waals surface area (Å²) in [7, 11) is 0. The van der Waals surface area contributed by atoms with Crippen LogP contribution in [0.4, 0.5) is 5.69 Å². The lowest BCUT2D eigenvalue weighted by Gasteiger charge is -2.27. The fourth-order valence-electron chi connectivity index (χ4n) is 3.11. The van der Waals surface area contributed by atoms with Crippen molar-refractivity contribution in [3.05, 3.63) is 38.3 Å². The van der Waals surface area contributed by atoms with E-state index in [4.69, 9.17) is 0 Å². The minimum atomic E-state index is -0.347. The highest BCUT2D eigenvalue weighted by molar-refractivity contribution is 9.10. The van der Waals surface area contributed by atoms with Crippen molar-refractivity contribution in [1.29, 1.82) is 0 Å². The minimum Gasteiger partial charge on any atom is -0.312 e. The van der Waals surface area contributed by atoms with Crippen molar-refractivity contribution < 1.29 is 4.92 Å². The highest BCUT2D eigenvalue weighted by Gasteiger charge is 2.19. The van der Waals surface area contributed by atoms with Gasteiger partial charge in [0.1, 0.15) is 0 Å². The molecular formula is C16H23BrN2O2. The Kier molecular flexibility index (Phi) is 6.18. The number of non-ortho nitro benzene ring substituents is 1. The molecule has 0 radical (unpaired) electrons. The largest absolute Gasteiger partial charge is 0.312 e. The van der Waals surface area contributed by atoms with Crippen LogP contribution in [0, 0.1) is 22.0 Å². The second kappa shape index (κ2) is 7.90. The quantitative estimate of drug-likeness (QED) is 0.596. The summed E-state index contributed by atoms with van der Waals surface area (Å²) in [4.78, 5) is 10.5. The fourth-order valence-corrected chi connectivity index (χ4v) is 3.63. The van der Waals surface area contributed by atoms with Gasteiger partial charge in [0.05, 0.1) is 4.92 Å². The molecule has 0 bridgehead atoms. The summed E-state index contributed by atoms with van der Waals surface area (Å²) in [6.07, 6.45) is 6.63. The molecular weight excluding hydrogens is 332 g/mol. The van der Waals surface area contributed by atoms with Crippen molar-refractivity contribution in [3.8, 4) is 0 Å². The average molecular weight is 355 g/mol. The number of rotatable bonds is 6. The summed E-state index contributed by atoms with van der Waals surface area (Å²) in [5.41, 5.74) is 1.10.